The summed E-state index contributed by atoms with van der Waals surface area (Å²) >= 11 is 0. The van der Waals surface area contributed by atoms with E-state index in [1.54, 1.807) is 49.4 Å². The highest BCUT2D eigenvalue weighted by molar-refractivity contribution is 6.05. The smallest absolute Gasteiger partial charge is 0.262 e. The molecule has 1 amide bonds. The SMILES string of the molecule is COc1cccc2cc(C(=O)Nc3cccc(C)n3)c(=Nc3ccc(F)cc3F)oc12. The first-order valence-corrected chi connectivity index (χ1v) is 9.30. The summed E-state index contributed by atoms with van der Waals surface area (Å²) in [5.74, 6) is -1.41. The van der Waals surface area contributed by atoms with E-state index < -0.39 is 17.5 Å². The second kappa shape index (κ2) is 8.35. The Hall–Kier alpha value is -4.07. The van der Waals surface area contributed by atoms with Crippen LogP contribution >= 0.6 is 0 Å². The van der Waals surface area contributed by atoms with Crippen molar-refractivity contribution in [3.63, 3.8) is 0 Å². The van der Waals surface area contributed by atoms with Gasteiger partial charge in [0.15, 0.2) is 17.1 Å². The lowest BCUT2D eigenvalue weighted by molar-refractivity contribution is 0.102. The number of hydrogen-bond acceptors (Lipinski definition) is 5. The molecule has 0 saturated carbocycles. The molecule has 156 valence electrons. The molecule has 0 aliphatic carbocycles. The van der Waals surface area contributed by atoms with E-state index in [1.165, 1.54) is 7.11 Å². The maximum atomic E-state index is 14.2. The molecule has 0 unspecified atom stereocenters. The van der Waals surface area contributed by atoms with E-state index in [-0.39, 0.29) is 16.8 Å². The molecule has 8 heteroatoms. The normalized spacial score (nSPS) is 11.5. The molecule has 6 nitrogen and oxygen atoms in total. The number of methoxy groups -OCH3 is 1. The largest absolute Gasteiger partial charge is 0.493 e. The van der Waals surface area contributed by atoms with Gasteiger partial charge in [-0.3, -0.25) is 4.79 Å². The Morgan fingerprint density at radius 3 is 2.65 bits per heavy atom. The fourth-order valence-electron chi connectivity index (χ4n) is 3.01. The summed E-state index contributed by atoms with van der Waals surface area (Å²) in [6, 6.07) is 14.9. The molecule has 0 atom stereocenters. The van der Waals surface area contributed by atoms with Crippen molar-refractivity contribution in [2.75, 3.05) is 12.4 Å². The van der Waals surface area contributed by atoms with Gasteiger partial charge in [0.25, 0.3) is 5.91 Å². The molecule has 0 aliphatic rings. The third-order valence-electron chi connectivity index (χ3n) is 4.46. The van der Waals surface area contributed by atoms with E-state index in [4.69, 9.17) is 9.15 Å². The number of aryl methyl sites for hydroxylation is 1. The summed E-state index contributed by atoms with van der Waals surface area (Å²) in [4.78, 5) is 21.4. The van der Waals surface area contributed by atoms with E-state index >= 15 is 0 Å². The molecule has 0 bridgehead atoms. The molecular weight excluding hydrogens is 404 g/mol. The first-order chi connectivity index (χ1) is 14.9. The zero-order valence-electron chi connectivity index (χ0n) is 16.6. The summed E-state index contributed by atoms with van der Waals surface area (Å²) in [5, 5.41) is 3.27. The number of anilines is 1. The maximum absolute atomic E-state index is 14.2. The maximum Gasteiger partial charge on any atom is 0.262 e. The number of amides is 1. The third-order valence-corrected chi connectivity index (χ3v) is 4.46. The minimum absolute atomic E-state index is 0.0489. The first-order valence-electron chi connectivity index (χ1n) is 9.30. The van der Waals surface area contributed by atoms with Gasteiger partial charge in [-0.25, -0.2) is 18.8 Å². The van der Waals surface area contributed by atoms with Crippen molar-refractivity contribution in [1.29, 1.82) is 0 Å². The second-order valence-corrected chi connectivity index (χ2v) is 6.67. The van der Waals surface area contributed by atoms with Gasteiger partial charge in [0.05, 0.1) is 7.11 Å². The zero-order valence-corrected chi connectivity index (χ0v) is 16.6. The molecule has 4 aromatic rings. The minimum atomic E-state index is -0.887. The van der Waals surface area contributed by atoms with Crippen molar-refractivity contribution >= 4 is 28.4 Å². The quantitative estimate of drug-likeness (QED) is 0.508. The summed E-state index contributed by atoms with van der Waals surface area (Å²) in [7, 11) is 1.48. The zero-order chi connectivity index (χ0) is 22.0. The van der Waals surface area contributed by atoms with Crippen molar-refractivity contribution in [2.45, 2.75) is 6.92 Å². The number of benzene rings is 2. The highest BCUT2D eigenvalue weighted by atomic mass is 19.1. The number of fused-ring (bicyclic) bond motifs is 1. The van der Waals surface area contributed by atoms with E-state index in [0.29, 0.717) is 28.6 Å². The van der Waals surface area contributed by atoms with Crippen LogP contribution in [0.15, 0.2) is 70.1 Å². The molecular formula is C23H17F2N3O3. The van der Waals surface area contributed by atoms with Crippen LogP contribution in [-0.4, -0.2) is 18.0 Å². The number of carbonyl (C=O) groups is 1. The van der Waals surface area contributed by atoms with Crippen LogP contribution in [0.1, 0.15) is 16.1 Å². The molecule has 0 saturated heterocycles. The Labute approximate surface area is 175 Å². The predicted molar refractivity (Wildman–Crippen MR) is 111 cm³/mol. The number of aromatic nitrogens is 1. The van der Waals surface area contributed by atoms with E-state index in [1.807, 2.05) is 0 Å². The number of pyridine rings is 1. The molecule has 2 aromatic carbocycles. The molecule has 0 aliphatic heterocycles. The van der Waals surface area contributed by atoms with Crippen LogP contribution in [-0.2, 0) is 0 Å². The van der Waals surface area contributed by atoms with Crippen LogP contribution in [0, 0.1) is 18.6 Å². The summed E-state index contributed by atoms with van der Waals surface area (Å²) < 4.78 is 38.7. The van der Waals surface area contributed by atoms with Crippen molar-refractivity contribution < 1.29 is 22.7 Å². The number of rotatable bonds is 4. The van der Waals surface area contributed by atoms with Gasteiger partial charge in [-0.05, 0) is 43.3 Å². The number of carbonyl (C=O) groups excluding carboxylic acids is 1. The standard InChI is InChI=1S/C23H17F2N3O3/c1-13-5-3-8-20(26-13)28-22(29)16-11-14-6-4-7-19(30-2)21(14)31-23(16)27-18-10-9-15(24)12-17(18)25/h3-12H,1-2H3,(H,26,28,29). The van der Waals surface area contributed by atoms with Gasteiger partial charge in [-0.2, -0.15) is 0 Å². The van der Waals surface area contributed by atoms with E-state index in [2.05, 4.69) is 15.3 Å². The average molecular weight is 421 g/mol. The van der Waals surface area contributed by atoms with Crippen molar-refractivity contribution in [1.82, 2.24) is 4.98 Å². The Bertz CT molecular complexity index is 1370. The van der Waals surface area contributed by atoms with Gasteiger partial charge >= 0.3 is 0 Å². The lowest BCUT2D eigenvalue weighted by Gasteiger charge is -2.09. The van der Waals surface area contributed by atoms with Gasteiger partial charge in [0, 0.05) is 17.1 Å². The van der Waals surface area contributed by atoms with Crippen molar-refractivity contribution in [3.05, 3.63) is 89.1 Å². The molecule has 1 N–H and O–H groups in total. The topological polar surface area (TPSA) is 76.7 Å². The van der Waals surface area contributed by atoms with Crippen LogP contribution in [0.2, 0.25) is 0 Å². The van der Waals surface area contributed by atoms with Gasteiger partial charge < -0.3 is 14.5 Å². The van der Waals surface area contributed by atoms with Gasteiger partial charge in [-0.1, -0.05) is 18.2 Å². The van der Waals surface area contributed by atoms with Crippen LogP contribution < -0.4 is 15.6 Å². The van der Waals surface area contributed by atoms with Crippen LogP contribution in [0.5, 0.6) is 5.75 Å². The fourth-order valence-corrected chi connectivity index (χ4v) is 3.01. The number of hydrogen-bond donors (Lipinski definition) is 1. The predicted octanol–water partition coefficient (Wildman–Crippen LogP) is 4.91. The lowest BCUT2D eigenvalue weighted by atomic mass is 10.1. The molecule has 2 aromatic heterocycles. The van der Waals surface area contributed by atoms with Crippen molar-refractivity contribution in [3.8, 4) is 5.75 Å². The Balaban J connectivity index is 1.91. The summed E-state index contributed by atoms with van der Waals surface area (Å²) in [5.41, 5.74) is 0.767. The number of halogens is 2. The summed E-state index contributed by atoms with van der Waals surface area (Å²) in [6.07, 6.45) is 0. The van der Waals surface area contributed by atoms with Gasteiger partial charge in [0.2, 0.25) is 5.55 Å². The van der Waals surface area contributed by atoms with Crippen LogP contribution in [0.4, 0.5) is 20.3 Å². The monoisotopic (exact) mass is 421 g/mol. The highest BCUT2D eigenvalue weighted by Crippen LogP contribution is 2.25. The molecule has 4 rings (SSSR count). The second-order valence-electron chi connectivity index (χ2n) is 6.67. The molecule has 31 heavy (non-hydrogen) atoms. The number of nitrogens with one attached hydrogen (secondary N) is 1. The Kier molecular flexibility index (Phi) is 5.44. The minimum Gasteiger partial charge on any atom is -0.493 e. The molecule has 0 radical (unpaired) electrons. The van der Waals surface area contributed by atoms with Gasteiger partial charge in [0.1, 0.15) is 22.9 Å². The summed E-state index contributed by atoms with van der Waals surface area (Å²) in [6.45, 7) is 1.80. The average Bonchev–Trinajstić information content (AvgIpc) is 2.74. The first kappa shape index (κ1) is 20.2. The fraction of sp³-hybridized carbons (Fsp3) is 0.0870. The molecule has 0 spiro atoms. The lowest BCUT2D eigenvalue weighted by Crippen LogP contribution is -2.22. The number of nitrogens with zero attached hydrogens (tertiary/aromatic N) is 2. The Morgan fingerprint density at radius 1 is 1.10 bits per heavy atom. The number of para-hydroxylation sites is 1. The Morgan fingerprint density at radius 2 is 1.90 bits per heavy atom. The number of ether oxygens (including phenoxy) is 1. The molecule has 2 heterocycles. The van der Waals surface area contributed by atoms with Crippen LogP contribution in [0.3, 0.4) is 0 Å². The highest BCUT2D eigenvalue weighted by Gasteiger charge is 2.16. The third kappa shape index (κ3) is 4.28. The van der Waals surface area contributed by atoms with Crippen LogP contribution in [0.25, 0.3) is 11.0 Å². The van der Waals surface area contributed by atoms with E-state index in [0.717, 1.165) is 17.8 Å². The molecule has 0 fully saturated rings. The van der Waals surface area contributed by atoms with E-state index in [9.17, 15) is 13.6 Å². The van der Waals surface area contributed by atoms with Gasteiger partial charge in [-0.15, -0.1) is 0 Å². The van der Waals surface area contributed by atoms with Crippen molar-refractivity contribution in [2.24, 2.45) is 4.99 Å².